The van der Waals surface area contributed by atoms with Crippen molar-refractivity contribution in [2.75, 3.05) is 0 Å². The fourth-order valence-corrected chi connectivity index (χ4v) is 2.07. The predicted molar refractivity (Wildman–Crippen MR) is 73.7 cm³/mol. The van der Waals surface area contributed by atoms with E-state index in [4.69, 9.17) is 0 Å². The summed E-state index contributed by atoms with van der Waals surface area (Å²) in [6, 6.07) is 6.14. The Morgan fingerprint density at radius 3 is 2.00 bits per heavy atom. The lowest BCUT2D eigenvalue weighted by Gasteiger charge is -2.14. The largest absolute Gasteiger partial charge is 0.299 e. The van der Waals surface area contributed by atoms with Crippen LogP contribution in [0, 0.1) is 19.8 Å². The number of Topliss-reactive ketones (excluding diaryl/α,β-unsaturated/α-hetero) is 2. The maximum absolute atomic E-state index is 11.8. The predicted octanol–water partition coefficient (Wildman–Crippen LogP) is 3.42. The average molecular weight is 246 g/mol. The number of aryl methyl sites for hydroxylation is 2. The molecule has 0 radical (unpaired) electrons. The quantitative estimate of drug-likeness (QED) is 0.721. The molecule has 18 heavy (non-hydrogen) atoms. The molecule has 0 aromatic heterocycles. The summed E-state index contributed by atoms with van der Waals surface area (Å²) in [4.78, 5) is 23.7. The molecule has 0 aliphatic carbocycles. The first-order chi connectivity index (χ1) is 8.49. The van der Waals surface area contributed by atoms with Crippen molar-refractivity contribution < 1.29 is 9.59 Å². The van der Waals surface area contributed by atoms with Gasteiger partial charge in [-0.15, -0.1) is 0 Å². The standard InChI is InChI=1S/C16H22O2/c1-5-15(17)14(16(18)6-2)10-13-8-7-11(3)12(4)9-13/h7-9,14H,5-6,10H2,1-4H3. The molecule has 0 amide bonds. The monoisotopic (exact) mass is 246 g/mol. The van der Waals surface area contributed by atoms with E-state index in [1.165, 1.54) is 11.1 Å². The number of rotatable bonds is 6. The second kappa shape index (κ2) is 6.48. The molecule has 1 aromatic rings. The molecule has 98 valence electrons. The van der Waals surface area contributed by atoms with E-state index in [1.54, 1.807) is 0 Å². The van der Waals surface area contributed by atoms with Gasteiger partial charge >= 0.3 is 0 Å². The van der Waals surface area contributed by atoms with Gasteiger partial charge in [-0.3, -0.25) is 9.59 Å². The molecule has 0 spiro atoms. The van der Waals surface area contributed by atoms with Crippen LogP contribution in [-0.4, -0.2) is 11.6 Å². The zero-order valence-electron chi connectivity index (χ0n) is 11.7. The Kier molecular flexibility index (Phi) is 5.26. The number of ketones is 2. The molecule has 0 saturated heterocycles. The molecule has 0 fully saturated rings. The van der Waals surface area contributed by atoms with Crippen molar-refractivity contribution in [3.8, 4) is 0 Å². The van der Waals surface area contributed by atoms with Crippen molar-refractivity contribution in [2.24, 2.45) is 5.92 Å². The zero-order valence-corrected chi connectivity index (χ0v) is 11.7. The Morgan fingerprint density at radius 1 is 1.00 bits per heavy atom. The van der Waals surface area contributed by atoms with Crippen molar-refractivity contribution in [2.45, 2.75) is 47.0 Å². The van der Waals surface area contributed by atoms with Crippen LogP contribution >= 0.6 is 0 Å². The molecule has 2 heteroatoms. The molecule has 0 bridgehead atoms. The number of carbonyl (C=O) groups is 2. The summed E-state index contributed by atoms with van der Waals surface area (Å²) in [7, 11) is 0. The fourth-order valence-electron chi connectivity index (χ4n) is 2.07. The van der Waals surface area contributed by atoms with Crippen molar-refractivity contribution in [3.63, 3.8) is 0 Å². The topological polar surface area (TPSA) is 34.1 Å². The first kappa shape index (κ1) is 14.6. The van der Waals surface area contributed by atoms with Crippen LogP contribution in [0.5, 0.6) is 0 Å². The minimum atomic E-state index is -0.456. The van der Waals surface area contributed by atoms with E-state index in [-0.39, 0.29) is 11.6 Å². The maximum Gasteiger partial charge on any atom is 0.143 e. The van der Waals surface area contributed by atoms with Crippen molar-refractivity contribution in [1.29, 1.82) is 0 Å². The Hall–Kier alpha value is -1.44. The number of carbonyl (C=O) groups excluding carboxylic acids is 2. The van der Waals surface area contributed by atoms with Crippen LogP contribution in [0.25, 0.3) is 0 Å². The molecule has 2 nitrogen and oxygen atoms in total. The first-order valence-corrected chi connectivity index (χ1v) is 6.61. The molecule has 0 aliphatic heterocycles. The van der Waals surface area contributed by atoms with Crippen molar-refractivity contribution in [1.82, 2.24) is 0 Å². The summed E-state index contributed by atoms with van der Waals surface area (Å²) in [6.07, 6.45) is 1.41. The molecule has 0 aliphatic rings. The summed E-state index contributed by atoms with van der Waals surface area (Å²) < 4.78 is 0. The smallest absolute Gasteiger partial charge is 0.143 e. The minimum Gasteiger partial charge on any atom is -0.299 e. The Balaban J connectivity index is 2.92. The lowest BCUT2D eigenvalue weighted by atomic mass is 9.88. The average Bonchev–Trinajstić information content (AvgIpc) is 2.38. The van der Waals surface area contributed by atoms with Gasteiger partial charge in [-0.25, -0.2) is 0 Å². The third-order valence-electron chi connectivity index (χ3n) is 3.49. The van der Waals surface area contributed by atoms with Crippen LogP contribution in [0.2, 0.25) is 0 Å². The van der Waals surface area contributed by atoms with E-state index in [0.717, 1.165) is 5.56 Å². The molecule has 1 rings (SSSR count). The van der Waals surface area contributed by atoms with E-state index in [0.29, 0.717) is 19.3 Å². The van der Waals surface area contributed by atoms with Crippen molar-refractivity contribution in [3.05, 3.63) is 34.9 Å². The highest BCUT2D eigenvalue weighted by Crippen LogP contribution is 2.17. The normalized spacial score (nSPS) is 10.7. The number of hydrogen-bond donors (Lipinski definition) is 0. The van der Waals surface area contributed by atoms with Gasteiger partial charge in [0.25, 0.3) is 0 Å². The van der Waals surface area contributed by atoms with E-state index in [9.17, 15) is 9.59 Å². The van der Waals surface area contributed by atoms with Crippen LogP contribution in [0.4, 0.5) is 0 Å². The second-order valence-corrected chi connectivity index (χ2v) is 4.82. The van der Waals surface area contributed by atoms with Gasteiger partial charge in [0.15, 0.2) is 0 Å². The molecule has 0 atom stereocenters. The van der Waals surface area contributed by atoms with Gasteiger partial charge in [-0.2, -0.15) is 0 Å². The number of hydrogen-bond acceptors (Lipinski definition) is 2. The van der Waals surface area contributed by atoms with Crippen LogP contribution in [0.15, 0.2) is 18.2 Å². The van der Waals surface area contributed by atoms with Gasteiger partial charge < -0.3 is 0 Å². The van der Waals surface area contributed by atoms with Crippen LogP contribution < -0.4 is 0 Å². The minimum absolute atomic E-state index is 0.0556. The van der Waals surface area contributed by atoms with E-state index in [1.807, 2.05) is 19.9 Å². The van der Waals surface area contributed by atoms with Gasteiger partial charge in [0.2, 0.25) is 0 Å². The number of benzene rings is 1. The van der Waals surface area contributed by atoms with Gasteiger partial charge in [0.1, 0.15) is 11.6 Å². The summed E-state index contributed by atoms with van der Waals surface area (Å²) >= 11 is 0. The molecule has 0 N–H and O–H groups in total. The summed E-state index contributed by atoms with van der Waals surface area (Å²) in [5.41, 5.74) is 3.52. The summed E-state index contributed by atoms with van der Waals surface area (Å²) in [6.45, 7) is 7.75. The van der Waals surface area contributed by atoms with Gasteiger partial charge in [0.05, 0.1) is 5.92 Å². The zero-order chi connectivity index (χ0) is 13.7. The highest BCUT2D eigenvalue weighted by atomic mass is 16.1. The third kappa shape index (κ3) is 3.52. The first-order valence-electron chi connectivity index (χ1n) is 6.61. The summed E-state index contributed by atoms with van der Waals surface area (Å²) in [5, 5.41) is 0. The SMILES string of the molecule is CCC(=O)C(Cc1ccc(C)c(C)c1)C(=O)CC. The van der Waals surface area contributed by atoms with Gasteiger partial charge in [-0.05, 0) is 37.0 Å². The Labute approximate surface area is 109 Å². The van der Waals surface area contributed by atoms with Crippen LogP contribution in [0.3, 0.4) is 0 Å². The summed E-state index contributed by atoms with van der Waals surface area (Å²) in [5.74, 6) is -0.345. The maximum atomic E-state index is 11.8. The fraction of sp³-hybridized carbons (Fsp3) is 0.500. The highest BCUT2D eigenvalue weighted by molar-refractivity contribution is 6.02. The molecule has 0 unspecified atom stereocenters. The second-order valence-electron chi connectivity index (χ2n) is 4.82. The Bertz CT molecular complexity index is 430. The Morgan fingerprint density at radius 2 is 1.56 bits per heavy atom. The lowest BCUT2D eigenvalue weighted by Crippen LogP contribution is -2.25. The van der Waals surface area contributed by atoms with Gasteiger partial charge in [0, 0.05) is 12.8 Å². The van der Waals surface area contributed by atoms with Crippen LogP contribution in [-0.2, 0) is 16.0 Å². The molecular formula is C16H22O2. The third-order valence-corrected chi connectivity index (χ3v) is 3.49. The van der Waals surface area contributed by atoms with Crippen LogP contribution in [0.1, 0.15) is 43.4 Å². The molecule has 0 heterocycles. The van der Waals surface area contributed by atoms with E-state index in [2.05, 4.69) is 26.0 Å². The van der Waals surface area contributed by atoms with Crippen molar-refractivity contribution >= 4 is 11.6 Å². The molecule has 1 aromatic carbocycles. The molecule has 0 saturated carbocycles. The van der Waals surface area contributed by atoms with E-state index < -0.39 is 5.92 Å². The van der Waals surface area contributed by atoms with Gasteiger partial charge in [-0.1, -0.05) is 32.0 Å². The molecular weight excluding hydrogens is 224 g/mol. The highest BCUT2D eigenvalue weighted by Gasteiger charge is 2.23. The van der Waals surface area contributed by atoms with E-state index >= 15 is 0 Å². The lowest BCUT2D eigenvalue weighted by molar-refractivity contribution is -0.132.